The van der Waals surface area contributed by atoms with Crippen LogP contribution in [0.4, 0.5) is 11.5 Å². The predicted molar refractivity (Wildman–Crippen MR) is 84.7 cm³/mol. The number of nitrogens with one attached hydrogen (secondary N) is 1. The van der Waals surface area contributed by atoms with E-state index in [1.165, 1.54) is 30.6 Å². The second-order valence-electron chi connectivity index (χ2n) is 4.38. The molecule has 0 aliphatic carbocycles. The molecule has 1 N–H and O–H groups in total. The molecule has 10 heteroatoms. The first kappa shape index (κ1) is 15.3. The molecular formula is C13H8Cl2N4O4. The number of rotatable bonds is 4. The Morgan fingerprint density at radius 2 is 2.04 bits per heavy atom. The summed E-state index contributed by atoms with van der Waals surface area (Å²) in [6, 6.07) is 4.26. The minimum Gasteiger partial charge on any atom is -0.454 e. The third-order valence-corrected chi connectivity index (χ3v) is 3.40. The number of hydrazone groups is 1. The number of hydrogen-bond donors (Lipinski definition) is 1. The normalized spacial score (nSPS) is 12.6. The molecular weight excluding hydrogens is 347 g/mol. The van der Waals surface area contributed by atoms with Gasteiger partial charge in [0.2, 0.25) is 6.79 Å². The highest BCUT2D eigenvalue weighted by Gasteiger charge is 2.22. The summed E-state index contributed by atoms with van der Waals surface area (Å²) in [5, 5.41) is 15.7. The number of fused-ring (bicyclic) bond motifs is 1. The Bertz CT molecular complexity index is 813. The van der Waals surface area contributed by atoms with E-state index in [4.69, 9.17) is 32.7 Å². The van der Waals surface area contributed by atoms with Crippen LogP contribution in [0.15, 0.2) is 29.5 Å². The maximum absolute atomic E-state index is 11.1. The van der Waals surface area contributed by atoms with Gasteiger partial charge in [0.05, 0.1) is 32.8 Å². The maximum atomic E-state index is 11.1. The lowest BCUT2D eigenvalue weighted by molar-refractivity contribution is -0.385. The molecule has 3 rings (SSSR count). The van der Waals surface area contributed by atoms with E-state index in [1.54, 1.807) is 0 Å². The number of anilines is 1. The molecule has 8 nitrogen and oxygen atoms in total. The Hall–Kier alpha value is -2.58. The number of aromatic nitrogens is 1. The number of benzene rings is 1. The lowest BCUT2D eigenvalue weighted by Gasteiger charge is -2.03. The number of pyridine rings is 1. The Kier molecular flexibility index (Phi) is 4.18. The van der Waals surface area contributed by atoms with Gasteiger partial charge >= 0.3 is 0 Å². The first-order chi connectivity index (χ1) is 11.0. The smallest absolute Gasteiger partial charge is 0.282 e. The molecule has 0 spiro atoms. The van der Waals surface area contributed by atoms with Crippen LogP contribution in [-0.2, 0) is 0 Å². The van der Waals surface area contributed by atoms with Crippen LogP contribution in [0.2, 0.25) is 10.0 Å². The SMILES string of the molecule is O=[N+]([O-])c1cc2c(cc1C=NNc1ncc(Cl)cc1Cl)OCO2. The van der Waals surface area contributed by atoms with Crippen molar-refractivity contribution >= 4 is 40.9 Å². The molecule has 1 aromatic carbocycles. The van der Waals surface area contributed by atoms with Gasteiger partial charge in [-0.3, -0.25) is 15.5 Å². The van der Waals surface area contributed by atoms with Gasteiger partial charge in [-0.25, -0.2) is 4.98 Å². The van der Waals surface area contributed by atoms with Gasteiger partial charge in [0.1, 0.15) is 0 Å². The van der Waals surface area contributed by atoms with E-state index in [0.717, 1.165) is 0 Å². The Labute approximate surface area is 139 Å². The number of nitrogens with zero attached hydrogens (tertiary/aromatic N) is 3. The van der Waals surface area contributed by atoms with Crippen molar-refractivity contribution in [3.63, 3.8) is 0 Å². The van der Waals surface area contributed by atoms with Crippen molar-refractivity contribution in [2.45, 2.75) is 0 Å². The molecule has 1 aromatic heterocycles. The third-order valence-electron chi connectivity index (χ3n) is 2.90. The minimum atomic E-state index is -0.531. The van der Waals surface area contributed by atoms with Gasteiger partial charge in [0.25, 0.3) is 5.69 Å². The second-order valence-corrected chi connectivity index (χ2v) is 5.22. The highest BCUT2D eigenvalue weighted by atomic mass is 35.5. The van der Waals surface area contributed by atoms with Gasteiger partial charge in [-0.15, -0.1) is 0 Å². The number of ether oxygens (including phenoxy) is 2. The quantitative estimate of drug-likeness (QED) is 0.512. The maximum Gasteiger partial charge on any atom is 0.282 e. The van der Waals surface area contributed by atoms with Gasteiger partial charge < -0.3 is 9.47 Å². The number of hydrogen-bond acceptors (Lipinski definition) is 7. The molecule has 1 aliphatic heterocycles. The molecule has 2 heterocycles. The molecule has 0 atom stereocenters. The first-order valence-corrected chi connectivity index (χ1v) is 6.98. The lowest BCUT2D eigenvalue weighted by atomic mass is 10.1. The second kappa shape index (κ2) is 6.27. The van der Waals surface area contributed by atoms with Crippen LogP contribution in [0.1, 0.15) is 5.56 Å². The zero-order chi connectivity index (χ0) is 16.4. The van der Waals surface area contributed by atoms with Gasteiger partial charge in [-0.2, -0.15) is 5.10 Å². The molecule has 0 radical (unpaired) electrons. The van der Waals surface area contributed by atoms with Crippen LogP contribution >= 0.6 is 23.2 Å². The van der Waals surface area contributed by atoms with Crippen molar-refractivity contribution in [3.05, 3.63) is 50.1 Å². The topological polar surface area (TPSA) is 98.9 Å². The first-order valence-electron chi connectivity index (χ1n) is 6.23. The molecule has 0 bridgehead atoms. The van der Waals surface area contributed by atoms with E-state index in [0.29, 0.717) is 16.5 Å². The summed E-state index contributed by atoms with van der Waals surface area (Å²) < 4.78 is 10.3. The summed E-state index contributed by atoms with van der Waals surface area (Å²) in [4.78, 5) is 14.6. The minimum absolute atomic E-state index is 0.0234. The largest absolute Gasteiger partial charge is 0.454 e. The summed E-state index contributed by atoms with van der Waals surface area (Å²) >= 11 is 11.7. The van der Waals surface area contributed by atoms with E-state index in [-0.39, 0.29) is 28.9 Å². The van der Waals surface area contributed by atoms with Crippen molar-refractivity contribution in [2.75, 3.05) is 12.2 Å². The van der Waals surface area contributed by atoms with Crippen LogP contribution in [0.5, 0.6) is 11.5 Å². The summed E-state index contributed by atoms with van der Waals surface area (Å²) in [5.74, 6) is 1.01. The number of nitro benzene ring substituents is 1. The van der Waals surface area contributed by atoms with E-state index >= 15 is 0 Å². The molecule has 0 saturated carbocycles. The average Bonchev–Trinajstić information content (AvgIpc) is 2.95. The third kappa shape index (κ3) is 3.27. The van der Waals surface area contributed by atoms with E-state index in [9.17, 15) is 10.1 Å². The summed E-state index contributed by atoms with van der Waals surface area (Å²) in [6.45, 7) is 0.0234. The Balaban J connectivity index is 1.85. The zero-order valence-corrected chi connectivity index (χ0v) is 12.8. The molecule has 0 fully saturated rings. The highest BCUT2D eigenvalue weighted by Crippen LogP contribution is 2.37. The summed E-state index contributed by atoms with van der Waals surface area (Å²) in [7, 11) is 0. The van der Waals surface area contributed by atoms with Crippen LogP contribution in [0.3, 0.4) is 0 Å². The lowest BCUT2D eigenvalue weighted by Crippen LogP contribution is -1.98. The molecule has 0 saturated heterocycles. The van der Waals surface area contributed by atoms with Crippen molar-refractivity contribution < 1.29 is 14.4 Å². The summed E-state index contributed by atoms with van der Waals surface area (Å²) in [6.07, 6.45) is 2.67. The Morgan fingerprint density at radius 1 is 1.30 bits per heavy atom. The fourth-order valence-electron chi connectivity index (χ4n) is 1.87. The Morgan fingerprint density at radius 3 is 2.74 bits per heavy atom. The van der Waals surface area contributed by atoms with E-state index in [1.807, 2.05) is 0 Å². The fraction of sp³-hybridized carbons (Fsp3) is 0.0769. The van der Waals surface area contributed by atoms with Crippen molar-refractivity contribution in [1.29, 1.82) is 0 Å². The fourth-order valence-corrected chi connectivity index (χ4v) is 2.29. The molecule has 1 aliphatic rings. The van der Waals surface area contributed by atoms with Crippen LogP contribution in [0, 0.1) is 10.1 Å². The van der Waals surface area contributed by atoms with Gasteiger partial charge in [-0.1, -0.05) is 23.2 Å². The van der Waals surface area contributed by atoms with Crippen molar-refractivity contribution in [1.82, 2.24) is 4.98 Å². The number of nitro groups is 1. The molecule has 0 amide bonds. The van der Waals surface area contributed by atoms with Gasteiger partial charge in [0, 0.05) is 6.20 Å². The highest BCUT2D eigenvalue weighted by molar-refractivity contribution is 6.35. The van der Waals surface area contributed by atoms with Crippen LogP contribution < -0.4 is 14.9 Å². The summed E-state index contributed by atoms with van der Waals surface area (Å²) in [5.41, 5.74) is 2.69. The van der Waals surface area contributed by atoms with Crippen LogP contribution in [-0.4, -0.2) is 22.9 Å². The van der Waals surface area contributed by atoms with Crippen LogP contribution in [0.25, 0.3) is 0 Å². The zero-order valence-electron chi connectivity index (χ0n) is 11.3. The predicted octanol–water partition coefficient (Wildman–Crippen LogP) is 3.47. The monoisotopic (exact) mass is 354 g/mol. The van der Waals surface area contributed by atoms with Gasteiger partial charge in [-0.05, 0) is 12.1 Å². The standard InChI is InChI=1S/C13H8Cl2N4O4/c14-8-2-9(15)13(16-5-8)18-17-4-7-1-11-12(23-6-22-11)3-10(7)19(20)21/h1-5H,6H2,(H,16,18). The van der Waals surface area contributed by atoms with Gasteiger partial charge in [0.15, 0.2) is 17.3 Å². The van der Waals surface area contributed by atoms with Crippen molar-refractivity contribution in [3.8, 4) is 11.5 Å². The molecule has 0 unspecified atom stereocenters. The number of halogens is 2. The van der Waals surface area contributed by atoms with Crippen molar-refractivity contribution in [2.24, 2.45) is 5.10 Å². The molecule has 118 valence electrons. The average molecular weight is 355 g/mol. The van der Waals surface area contributed by atoms with E-state index in [2.05, 4.69) is 15.5 Å². The van der Waals surface area contributed by atoms with E-state index < -0.39 is 4.92 Å². The molecule has 23 heavy (non-hydrogen) atoms. The molecule has 2 aromatic rings.